The number of nitrogens with two attached hydrogens (primary N) is 1. The molecule has 1 aromatic heterocycles. The average molecular weight is 648 g/mol. The summed E-state index contributed by atoms with van der Waals surface area (Å²) in [6.07, 6.45) is 8.00. The lowest BCUT2D eigenvalue weighted by Crippen LogP contribution is -2.40. The maximum atomic E-state index is 11.9. The smallest absolute Gasteiger partial charge is 0.494 e. The Kier molecular flexibility index (Phi) is 19.7. The molecular weight excluding hydrogens is 608 g/mol. The third-order valence-corrected chi connectivity index (χ3v) is 6.16. The number of hydrogen-bond acceptors (Lipinski definition) is 10. The second kappa shape index (κ2) is 24.1. The summed E-state index contributed by atoms with van der Waals surface area (Å²) in [7, 11) is 0. The van der Waals surface area contributed by atoms with Crippen molar-refractivity contribution in [3.8, 4) is 11.9 Å². The zero-order chi connectivity index (χ0) is 32.4. The van der Waals surface area contributed by atoms with Gasteiger partial charge in [-0.2, -0.15) is 9.83 Å². The van der Waals surface area contributed by atoms with Crippen LogP contribution >= 0.6 is 11.6 Å². The molecular formula is C29H40ClN8O7+. The van der Waals surface area contributed by atoms with Crippen LogP contribution in [0.1, 0.15) is 25.7 Å². The molecule has 0 unspecified atom stereocenters. The van der Waals surface area contributed by atoms with E-state index < -0.39 is 6.16 Å². The first-order valence-electron chi connectivity index (χ1n) is 14.4. The van der Waals surface area contributed by atoms with Crippen LogP contribution < -0.4 is 19.9 Å². The van der Waals surface area contributed by atoms with Gasteiger partial charge in [0.05, 0.1) is 51.9 Å². The highest BCUT2D eigenvalue weighted by atomic mass is 35.5. The second-order valence-electron chi connectivity index (χ2n) is 9.17. The van der Waals surface area contributed by atoms with Crippen molar-refractivity contribution < 1.29 is 37.8 Å². The van der Waals surface area contributed by atoms with E-state index in [0.29, 0.717) is 51.2 Å². The van der Waals surface area contributed by atoms with Crippen molar-refractivity contribution in [2.75, 3.05) is 70.8 Å². The summed E-state index contributed by atoms with van der Waals surface area (Å²) in [4.78, 5) is 20.0. The number of nitriles is 1. The molecule has 2 aromatic rings. The van der Waals surface area contributed by atoms with Crippen LogP contribution in [0.2, 0.25) is 5.02 Å². The van der Waals surface area contributed by atoms with Gasteiger partial charge in [0.2, 0.25) is 12.2 Å². The highest BCUT2D eigenvalue weighted by molar-refractivity contribution is 6.30. The number of nitrogens with zero attached hydrogens (tertiary/aromatic N) is 7. The molecule has 0 atom stereocenters. The fraction of sp³-hybridized carbons (Fsp3) is 0.517. The first-order chi connectivity index (χ1) is 22.0. The minimum Gasteiger partial charge on any atom is -0.494 e. The molecule has 0 aliphatic rings. The molecule has 1 heterocycles. The summed E-state index contributed by atoms with van der Waals surface area (Å²) in [5, 5.41) is 13.0. The molecule has 2 N–H and O–H groups in total. The van der Waals surface area contributed by atoms with Crippen molar-refractivity contribution in [2.24, 2.45) is 15.8 Å². The quantitative estimate of drug-likeness (QED) is 0.0209. The van der Waals surface area contributed by atoms with Crippen LogP contribution in [0.4, 0.5) is 10.5 Å². The number of ether oxygens (including phenoxy) is 6. The van der Waals surface area contributed by atoms with E-state index in [1.807, 2.05) is 12.1 Å². The second-order valence-corrected chi connectivity index (χ2v) is 9.61. The molecule has 0 bridgehead atoms. The molecule has 0 spiro atoms. The topological polar surface area (TPSA) is 190 Å². The maximum Gasteiger partial charge on any atom is 0.513 e. The minimum atomic E-state index is -0.824. The Morgan fingerprint density at radius 2 is 1.56 bits per heavy atom. The number of anilines is 1. The molecule has 2 rings (SSSR count). The minimum absolute atomic E-state index is 0.0345. The molecule has 15 nitrogen and oxygen atoms in total. The van der Waals surface area contributed by atoms with Gasteiger partial charge in [0, 0.05) is 35.2 Å². The number of aromatic nitrogens is 1. The average Bonchev–Trinajstić information content (AvgIpc) is 3.05. The molecule has 1 aromatic carbocycles. The van der Waals surface area contributed by atoms with Gasteiger partial charge in [-0.05, 0) is 42.6 Å². The van der Waals surface area contributed by atoms with Crippen molar-refractivity contribution >= 4 is 29.4 Å². The van der Waals surface area contributed by atoms with Gasteiger partial charge in [-0.1, -0.05) is 29.6 Å². The summed E-state index contributed by atoms with van der Waals surface area (Å²) in [6.45, 7) is 3.47. The van der Waals surface area contributed by atoms with Crippen molar-refractivity contribution in [1.82, 2.24) is 0 Å². The maximum absolute atomic E-state index is 11.9. The number of hydrogen-bond donors (Lipinski definition) is 1. The van der Waals surface area contributed by atoms with Gasteiger partial charge < -0.3 is 39.1 Å². The Balaban J connectivity index is 1.59. The Bertz CT molecular complexity index is 1220. The molecule has 0 radical (unpaired) electrons. The first-order valence-corrected chi connectivity index (χ1v) is 14.8. The molecule has 0 saturated heterocycles. The zero-order valence-corrected chi connectivity index (χ0v) is 25.9. The Labute approximate surface area is 267 Å². The van der Waals surface area contributed by atoms with Crippen LogP contribution in [0.25, 0.3) is 10.4 Å². The normalized spacial score (nSPS) is 10.9. The Morgan fingerprint density at radius 3 is 2.22 bits per heavy atom. The largest absolute Gasteiger partial charge is 0.513 e. The van der Waals surface area contributed by atoms with Crippen LogP contribution in [0, 0.1) is 11.5 Å². The molecule has 244 valence electrons. The van der Waals surface area contributed by atoms with E-state index >= 15 is 0 Å². The predicted octanol–water partition coefficient (Wildman–Crippen LogP) is 4.34. The van der Waals surface area contributed by atoms with E-state index in [1.165, 1.54) is 0 Å². The molecule has 0 saturated carbocycles. The van der Waals surface area contributed by atoms with Gasteiger partial charge >= 0.3 is 6.16 Å². The Hall–Kier alpha value is -4.32. The number of benzene rings is 1. The number of unbranched alkanes of at least 4 members (excludes halogenated alkanes) is 3. The zero-order valence-electron chi connectivity index (χ0n) is 25.2. The van der Waals surface area contributed by atoms with Crippen molar-refractivity contribution in [1.29, 1.82) is 5.26 Å². The molecule has 0 aliphatic heterocycles. The van der Waals surface area contributed by atoms with Gasteiger partial charge in [0.1, 0.15) is 12.4 Å². The third-order valence-electron chi connectivity index (χ3n) is 5.91. The summed E-state index contributed by atoms with van der Waals surface area (Å²) >= 11 is 5.89. The van der Waals surface area contributed by atoms with Crippen LogP contribution in [-0.4, -0.2) is 78.1 Å². The monoisotopic (exact) mass is 647 g/mol. The van der Waals surface area contributed by atoms with E-state index in [9.17, 15) is 4.79 Å². The van der Waals surface area contributed by atoms with E-state index in [4.69, 9.17) is 56.5 Å². The first kappa shape index (κ1) is 36.9. The van der Waals surface area contributed by atoms with Crippen LogP contribution in [-0.2, 0) is 30.4 Å². The molecule has 0 amide bonds. The van der Waals surface area contributed by atoms with Gasteiger partial charge in [0.25, 0.3) is 6.73 Å². The van der Waals surface area contributed by atoms with Crippen LogP contribution in [0.5, 0.6) is 5.75 Å². The van der Waals surface area contributed by atoms with Crippen LogP contribution in [0.3, 0.4) is 0 Å². The SMILES string of the molecule is N#CN=C(N)N(CCCCCCOc1ccc(Cl)cc1)c1cc[n+](COC(=O)OCCOCCOCCOCCN=[N+]=[N-])cc1. The summed E-state index contributed by atoms with van der Waals surface area (Å²) in [5.41, 5.74) is 15.0. The molecule has 45 heavy (non-hydrogen) atoms. The van der Waals surface area contributed by atoms with Crippen molar-refractivity contribution in [3.63, 3.8) is 0 Å². The molecule has 0 aliphatic carbocycles. The molecule has 0 fully saturated rings. The molecule has 16 heteroatoms. The van der Waals surface area contributed by atoms with E-state index in [2.05, 4.69) is 15.0 Å². The lowest BCUT2D eigenvalue weighted by atomic mass is 10.2. The number of halogens is 1. The summed E-state index contributed by atoms with van der Waals surface area (Å²) in [6, 6.07) is 10.9. The van der Waals surface area contributed by atoms with E-state index in [-0.39, 0.29) is 32.4 Å². The highest BCUT2D eigenvalue weighted by Gasteiger charge is 2.14. The number of carbonyl (C=O) groups is 1. The third kappa shape index (κ3) is 17.5. The van der Waals surface area contributed by atoms with E-state index in [1.54, 1.807) is 52.3 Å². The van der Waals surface area contributed by atoms with Crippen LogP contribution in [0.15, 0.2) is 58.9 Å². The van der Waals surface area contributed by atoms with Gasteiger partial charge in [-0.3, -0.25) is 0 Å². The highest BCUT2D eigenvalue weighted by Crippen LogP contribution is 2.17. The van der Waals surface area contributed by atoms with Gasteiger partial charge in [-0.15, -0.1) is 4.99 Å². The lowest BCUT2D eigenvalue weighted by Gasteiger charge is -2.22. The summed E-state index contributed by atoms with van der Waals surface area (Å²) < 4.78 is 33.4. The number of azide groups is 1. The van der Waals surface area contributed by atoms with Gasteiger partial charge in [0.15, 0.2) is 12.4 Å². The number of guanidine groups is 1. The van der Waals surface area contributed by atoms with Gasteiger partial charge in [-0.25, -0.2) is 4.79 Å². The Morgan fingerprint density at radius 1 is 0.911 bits per heavy atom. The predicted molar refractivity (Wildman–Crippen MR) is 166 cm³/mol. The van der Waals surface area contributed by atoms with Crippen molar-refractivity contribution in [2.45, 2.75) is 32.4 Å². The lowest BCUT2D eigenvalue weighted by molar-refractivity contribution is -0.727. The standard InChI is InChI=1S/C29H40ClN8O7/c30-25-5-7-27(8-6-25)43-15-4-2-1-3-12-38(28(32)34-23-31)26-9-13-37(14-10-26)24-45-29(39)44-22-21-42-20-19-41-18-17-40-16-11-35-36-33/h5-10,13-14H,1-4,11-12,15-22,24H2,(H2,32,34)/q+1. The fourth-order valence-corrected chi connectivity index (χ4v) is 3.82. The summed E-state index contributed by atoms with van der Waals surface area (Å²) in [5.74, 6) is 0.890. The number of pyridine rings is 1. The van der Waals surface area contributed by atoms with E-state index in [0.717, 1.165) is 37.1 Å². The number of rotatable bonds is 23. The number of aliphatic imine (C=N–C) groups is 1. The number of carbonyl (C=O) groups excluding carboxylic acids is 1. The fourth-order valence-electron chi connectivity index (χ4n) is 3.69. The van der Waals surface area contributed by atoms with Crippen molar-refractivity contribution in [3.05, 3.63) is 64.3 Å².